The average molecular weight is 407 g/mol. The van der Waals surface area contributed by atoms with E-state index in [0.29, 0.717) is 10.9 Å². The first-order valence-electron chi connectivity index (χ1n) is 7.00. The van der Waals surface area contributed by atoms with Gasteiger partial charge in [0.25, 0.3) is 0 Å². The Kier molecular flexibility index (Phi) is 4.46. The Morgan fingerprint density at radius 3 is 2.19 bits per heavy atom. The molecule has 1 aromatic carbocycles. The zero-order chi connectivity index (χ0) is 20.0. The molecule has 0 unspecified atom stereocenters. The SMILES string of the molecule is O=C(O)c1cnn(-c2nc(-c3ccc(C(F)(F)F)cc3)cs2)c1C(F)(F)F. The van der Waals surface area contributed by atoms with E-state index in [0.717, 1.165) is 35.6 Å². The lowest BCUT2D eigenvalue weighted by atomic mass is 10.1. The molecular formula is C15H7F6N3O2S. The van der Waals surface area contributed by atoms with Crippen LogP contribution < -0.4 is 0 Å². The van der Waals surface area contributed by atoms with Crippen LogP contribution in [0.4, 0.5) is 26.3 Å². The van der Waals surface area contributed by atoms with Gasteiger partial charge in [-0.15, -0.1) is 11.3 Å². The van der Waals surface area contributed by atoms with E-state index in [2.05, 4.69) is 10.1 Å². The molecule has 2 heterocycles. The molecule has 0 aliphatic heterocycles. The maximum atomic E-state index is 13.2. The lowest BCUT2D eigenvalue weighted by Crippen LogP contribution is -2.17. The quantitative estimate of drug-likeness (QED) is 0.638. The van der Waals surface area contributed by atoms with E-state index in [9.17, 15) is 31.1 Å². The van der Waals surface area contributed by atoms with Crippen molar-refractivity contribution in [1.82, 2.24) is 14.8 Å². The molecule has 0 radical (unpaired) electrons. The Bertz CT molecular complexity index is 988. The molecule has 0 bridgehead atoms. The Morgan fingerprint density at radius 2 is 1.67 bits per heavy atom. The fourth-order valence-electron chi connectivity index (χ4n) is 2.25. The van der Waals surface area contributed by atoms with Crippen LogP contribution in [-0.4, -0.2) is 25.8 Å². The number of benzene rings is 1. The Balaban J connectivity index is 2.01. The summed E-state index contributed by atoms with van der Waals surface area (Å²) >= 11 is 0.737. The highest BCUT2D eigenvalue weighted by Gasteiger charge is 2.41. The zero-order valence-corrected chi connectivity index (χ0v) is 13.7. The smallest absolute Gasteiger partial charge is 0.434 e. The number of carbonyl (C=O) groups is 1. The van der Waals surface area contributed by atoms with Crippen molar-refractivity contribution in [2.45, 2.75) is 12.4 Å². The molecule has 3 aromatic rings. The molecule has 0 aliphatic rings. The van der Waals surface area contributed by atoms with Gasteiger partial charge in [0, 0.05) is 10.9 Å². The van der Waals surface area contributed by atoms with Crippen molar-refractivity contribution in [1.29, 1.82) is 0 Å². The third kappa shape index (κ3) is 3.65. The number of hydrogen-bond donors (Lipinski definition) is 1. The molecule has 142 valence electrons. The van der Waals surface area contributed by atoms with Crippen LogP contribution in [0.3, 0.4) is 0 Å². The molecule has 3 rings (SSSR count). The first-order valence-corrected chi connectivity index (χ1v) is 7.88. The number of nitrogens with zero attached hydrogens (tertiary/aromatic N) is 3. The molecule has 0 amide bonds. The third-order valence-electron chi connectivity index (χ3n) is 3.45. The summed E-state index contributed by atoms with van der Waals surface area (Å²) in [5.74, 6) is -1.80. The van der Waals surface area contributed by atoms with E-state index in [1.807, 2.05) is 0 Å². The molecule has 0 spiro atoms. The Morgan fingerprint density at radius 1 is 1.04 bits per heavy atom. The lowest BCUT2D eigenvalue weighted by Gasteiger charge is -2.09. The molecule has 1 N–H and O–H groups in total. The van der Waals surface area contributed by atoms with Gasteiger partial charge in [-0.2, -0.15) is 31.4 Å². The molecule has 5 nitrogen and oxygen atoms in total. The molecule has 0 saturated heterocycles. The Labute approximate surface area is 150 Å². The molecule has 0 aliphatic carbocycles. The molecule has 12 heteroatoms. The fraction of sp³-hybridized carbons (Fsp3) is 0.133. The average Bonchev–Trinajstić information content (AvgIpc) is 3.20. The number of thiazole rings is 1. The standard InChI is InChI=1S/C15H7F6N3O2S/c16-14(17,18)8-3-1-7(2-4-8)10-6-27-13(23-10)24-11(15(19,20)21)9(5-22-24)12(25)26/h1-6H,(H,25,26). The highest BCUT2D eigenvalue weighted by molar-refractivity contribution is 7.12. The topological polar surface area (TPSA) is 68.0 Å². The molecule has 0 fully saturated rings. The molecular weight excluding hydrogens is 400 g/mol. The summed E-state index contributed by atoms with van der Waals surface area (Å²) in [5, 5.41) is 13.4. The lowest BCUT2D eigenvalue weighted by molar-refractivity contribution is -0.143. The van der Waals surface area contributed by atoms with Crippen LogP contribution >= 0.6 is 11.3 Å². The second-order valence-corrected chi connectivity index (χ2v) is 6.05. The summed E-state index contributed by atoms with van der Waals surface area (Å²) < 4.78 is 77.8. The van der Waals surface area contributed by atoms with Crippen LogP contribution in [0.15, 0.2) is 35.8 Å². The number of halogens is 6. The van der Waals surface area contributed by atoms with E-state index < -0.39 is 35.1 Å². The number of aromatic carboxylic acids is 1. The van der Waals surface area contributed by atoms with Gasteiger partial charge in [-0.05, 0) is 12.1 Å². The second-order valence-electron chi connectivity index (χ2n) is 5.21. The van der Waals surface area contributed by atoms with Gasteiger partial charge in [-0.25, -0.2) is 14.5 Å². The van der Waals surface area contributed by atoms with Gasteiger partial charge in [0.05, 0.1) is 17.5 Å². The second kappa shape index (κ2) is 6.37. The van der Waals surface area contributed by atoms with Crippen LogP contribution in [0.25, 0.3) is 16.4 Å². The maximum absolute atomic E-state index is 13.2. The largest absolute Gasteiger partial charge is 0.478 e. The number of carboxylic acid groups (broad SMARTS) is 1. The van der Waals surface area contributed by atoms with E-state index in [-0.39, 0.29) is 16.4 Å². The summed E-state index contributed by atoms with van der Waals surface area (Å²) in [5.41, 5.74) is -3.02. The number of aromatic nitrogens is 3. The maximum Gasteiger partial charge on any atom is 0.434 e. The van der Waals surface area contributed by atoms with Crippen molar-refractivity contribution in [3.63, 3.8) is 0 Å². The first-order chi connectivity index (χ1) is 12.5. The monoisotopic (exact) mass is 407 g/mol. The summed E-state index contributed by atoms with van der Waals surface area (Å²) in [4.78, 5) is 14.9. The predicted octanol–water partition coefficient (Wildman–Crippen LogP) is 4.73. The molecule has 27 heavy (non-hydrogen) atoms. The van der Waals surface area contributed by atoms with Gasteiger partial charge >= 0.3 is 18.3 Å². The summed E-state index contributed by atoms with van der Waals surface area (Å²) in [6.07, 6.45) is -8.95. The minimum atomic E-state index is -5.00. The van der Waals surface area contributed by atoms with E-state index in [4.69, 9.17) is 5.11 Å². The van der Waals surface area contributed by atoms with Crippen molar-refractivity contribution < 1.29 is 36.2 Å². The summed E-state index contributed by atoms with van der Waals surface area (Å²) in [7, 11) is 0. The highest BCUT2D eigenvalue weighted by Crippen LogP contribution is 2.35. The van der Waals surface area contributed by atoms with Crippen LogP contribution in [-0.2, 0) is 12.4 Å². The minimum absolute atomic E-state index is 0.129. The van der Waals surface area contributed by atoms with Crippen molar-refractivity contribution in [3.05, 3.63) is 52.7 Å². The van der Waals surface area contributed by atoms with Crippen molar-refractivity contribution >= 4 is 17.3 Å². The molecule has 0 atom stereocenters. The van der Waals surface area contributed by atoms with Crippen molar-refractivity contribution in [2.75, 3.05) is 0 Å². The number of rotatable bonds is 3. The number of alkyl halides is 6. The normalized spacial score (nSPS) is 12.4. The summed E-state index contributed by atoms with van der Waals surface area (Å²) in [6.45, 7) is 0. The summed E-state index contributed by atoms with van der Waals surface area (Å²) in [6, 6.07) is 3.92. The molecule has 2 aromatic heterocycles. The highest BCUT2D eigenvalue weighted by atomic mass is 32.1. The minimum Gasteiger partial charge on any atom is -0.478 e. The van der Waals surface area contributed by atoms with Crippen molar-refractivity contribution in [3.8, 4) is 16.4 Å². The van der Waals surface area contributed by atoms with Gasteiger partial charge < -0.3 is 5.11 Å². The fourth-order valence-corrected chi connectivity index (χ4v) is 3.04. The predicted molar refractivity (Wildman–Crippen MR) is 81.6 cm³/mol. The Hall–Kier alpha value is -2.89. The van der Waals surface area contributed by atoms with Gasteiger partial charge in [-0.3, -0.25) is 0 Å². The third-order valence-corrected chi connectivity index (χ3v) is 4.27. The van der Waals surface area contributed by atoms with Crippen molar-refractivity contribution in [2.24, 2.45) is 0 Å². The van der Waals surface area contributed by atoms with Gasteiger partial charge in [-0.1, -0.05) is 12.1 Å². The van der Waals surface area contributed by atoms with Crippen LogP contribution in [0.2, 0.25) is 0 Å². The van der Waals surface area contributed by atoms with E-state index >= 15 is 0 Å². The first kappa shape index (κ1) is 18.9. The zero-order valence-electron chi connectivity index (χ0n) is 12.8. The molecule has 0 saturated carbocycles. The van der Waals surface area contributed by atoms with Crippen LogP contribution in [0.5, 0.6) is 0 Å². The number of carboxylic acids is 1. The van der Waals surface area contributed by atoms with Gasteiger partial charge in [0.2, 0.25) is 5.13 Å². The van der Waals surface area contributed by atoms with Crippen LogP contribution in [0.1, 0.15) is 21.6 Å². The van der Waals surface area contributed by atoms with Gasteiger partial charge in [0.1, 0.15) is 5.56 Å². The van der Waals surface area contributed by atoms with E-state index in [1.54, 1.807) is 0 Å². The van der Waals surface area contributed by atoms with E-state index in [1.165, 1.54) is 5.38 Å². The number of hydrogen-bond acceptors (Lipinski definition) is 4. The van der Waals surface area contributed by atoms with Gasteiger partial charge in [0.15, 0.2) is 5.69 Å². The van der Waals surface area contributed by atoms with Crippen LogP contribution in [0, 0.1) is 0 Å².